The molecule has 1 atom stereocenters. The smallest absolute Gasteiger partial charge is 0.226 e. The zero-order valence-corrected chi connectivity index (χ0v) is 15.1. The molecular weight excluding hydrogens is 328 g/mol. The molecule has 1 aliphatic rings. The number of carbonyl (C=O) groups is 2. The zero-order valence-electron chi connectivity index (χ0n) is 15.1. The number of hydrogen-bond acceptors (Lipinski definition) is 4. The monoisotopic (exact) mass is 350 g/mol. The fourth-order valence-electron chi connectivity index (χ4n) is 3.14. The summed E-state index contributed by atoms with van der Waals surface area (Å²) < 4.78 is 0. The lowest BCUT2D eigenvalue weighted by molar-refractivity contribution is -0.129. The SMILES string of the molecule is CC(=O)N1C=Cc2ccccc2C1CC(=O)Nc1cccnc1N(C)C. The standard InChI is InChI=1S/C20H22N4O2/c1-14(25)24-12-10-15-7-4-5-8-16(15)18(24)13-19(26)22-17-9-6-11-21-20(17)23(2)3/h4-12,18H,13H2,1-3H3,(H,22,26). The van der Waals surface area contributed by atoms with Gasteiger partial charge in [-0.2, -0.15) is 0 Å². The molecule has 0 fully saturated rings. The number of nitrogens with zero attached hydrogens (tertiary/aromatic N) is 3. The number of pyridine rings is 1. The van der Waals surface area contributed by atoms with Crippen LogP contribution in [0.25, 0.3) is 6.08 Å². The molecule has 1 aromatic carbocycles. The molecule has 6 heteroatoms. The molecule has 2 heterocycles. The van der Waals surface area contributed by atoms with E-state index in [2.05, 4.69) is 10.3 Å². The largest absolute Gasteiger partial charge is 0.361 e. The second-order valence-corrected chi connectivity index (χ2v) is 6.41. The first-order valence-corrected chi connectivity index (χ1v) is 8.45. The van der Waals surface area contributed by atoms with Crippen LogP contribution in [0.1, 0.15) is 30.5 Å². The summed E-state index contributed by atoms with van der Waals surface area (Å²) in [7, 11) is 3.75. The maximum absolute atomic E-state index is 12.7. The number of nitrogens with one attached hydrogen (secondary N) is 1. The third kappa shape index (κ3) is 3.59. The first-order valence-electron chi connectivity index (χ1n) is 8.45. The molecule has 2 amide bonds. The lowest BCUT2D eigenvalue weighted by atomic mass is 9.93. The molecule has 6 nitrogen and oxygen atoms in total. The highest BCUT2D eigenvalue weighted by Gasteiger charge is 2.28. The van der Waals surface area contributed by atoms with E-state index >= 15 is 0 Å². The van der Waals surface area contributed by atoms with Crippen molar-refractivity contribution >= 4 is 29.4 Å². The minimum Gasteiger partial charge on any atom is -0.361 e. The van der Waals surface area contributed by atoms with E-state index in [0.717, 1.165) is 11.1 Å². The first-order chi connectivity index (χ1) is 12.5. The molecule has 0 aliphatic carbocycles. The number of carbonyl (C=O) groups excluding carboxylic acids is 2. The van der Waals surface area contributed by atoms with Gasteiger partial charge >= 0.3 is 0 Å². The molecule has 26 heavy (non-hydrogen) atoms. The summed E-state index contributed by atoms with van der Waals surface area (Å²) in [5, 5.41) is 2.92. The topological polar surface area (TPSA) is 65.5 Å². The van der Waals surface area contributed by atoms with Gasteiger partial charge in [0.1, 0.15) is 0 Å². The van der Waals surface area contributed by atoms with Gasteiger partial charge in [-0.05, 0) is 29.3 Å². The molecule has 1 aromatic heterocycles. The van der Waals surface area contributed by atoms with Crippen LogP contribution in [0.15, 0.2) is 48.8 Å². The van der Waals surface area contributed by atoms with Crippen LogP contribution in [0, 0.1) is 0 Å². The van der Waals surface area contributed by atoms with Crippen molar-refractivity contribution in [2.75, 3.05) is 24.3 Å². The average molecular weight is 350 g/mol. The lowest BCUT2D eigenvalue weighted by Gasteiger charge is -2.32. The van der Waals surface area contributed by atoms with E-state index in [1.54, 1.807) is 23.4 Å². The van der Waals surface area contributed by atoms with E-state index in [9.17, 15) is 9.59 Å². The molecule has 1 aliphatic heterocycles. The molecule has 3 rings (SSSR count). The van der Waals surface area contributed by atoms with Crippen molar-refractivity contribution in [3.63, 3.8) is 0 Å². The maximum atomic E-state index is 12.7. The maximum Gasteiger partial charge on any atom is 0.226 e. The van der Waals surface area contributed by atoms with Crippen LogP contribution in [0.2, 0.25) is 0 Å². The van der Waals surface area contributed by atoms with Crippen molar-refractivity contribution in [3.8, 4) is 0 Å². The number of anilines is 2. The second-order valence-electron chi connectivity index (χ2n) is 6.41. The zero-order chi connectivity index (χ0) is 18.7. The fraction of sp³-hybridized carbons (Fsp3) is 0.250. The summed E-state index contributed by atoms with van der Waals surface area (Å²) in [6, 6.07) is 11.1. The minimum absolute atomic E-state index is 0.0936. The molecular formula is C20H22N4O2. The van der Waals surface area contributed by atoms with Gasteiger partial charge in [0.15, 0.2) is 5.82 Å². The van der Waals surface area contributed by atoms with Crippen LogP contribution in [-0.4, -0.2) is 35.8 Å². The number of rotatable bonds is 4. The van der Waals surface area contributed by atoms with Gasteiger partial charge in [-0.15, -0.1) is 0 Å². The average Bonchev–Trinajstić information content (AvgIpc) is 2.62. The van der Waals surface area contributed by atoms with E-state index in [0.29, 0.717) is 11.5 Å². The Morgan fingerprint density at radius 3 is 2.69 bits per heavy atom. The second kappa shape index (κ2) is 7.39. The summed E-state index contributed by atoms with van der Waals surface area (Å²) in [4.78, 5) is 32.5. The van der Waals surface area contributed by atoms with Crippen LogP contribution in [0.4, 0.5) is 11.5 Å². The summed E-state index contributed by atoms with van der Waals surface area (Å²) in [5.74, 6) is 0.430. The van der Waals surface area contributed by atoms with E-state index in [4.69, 9.17) is 0 Å². The Balaban J connectivity index is 1.83. The number of amides is 2. The Morgan fingerprint density at radius 1 is 1.19 bits per heavy atom. The van der Waals surface area contributed by atoms with E-state index < -0.39 is 0 Å². The summed E-state index contributed by atoms with van der Waals surface area (Å²) in [5.41, 5.74) is 2.65. The highest BCUT2D eigenvalue weighted by molar-refractivity contribution is 5.94. The van der Waals surface area contributed by atoms with Crippen LogP contribution in [0.5, 0.6) is 0 Å². The molecule has 0 bridgehead atoms. The Bertz CT molecular complexity index is 860. The molecule has 0 spiro atoms. The number of hydrogen-bond donors (Lipinski definition) is 1. The van der Waals surface area contributed by atoms with Crippen molar-refractivity contribution in [1.82, 2.24) is 9.88 Å². The van der Waals surface area contributed by atoms with Crippen molar-refractivity contribution < 1.29 is 9.59 Å². The highest BCUT2D eigenvalue weighted by Crippen LogP contribution is 2.33. The third-order valence-electron chi connectivity index (χ3n) is 4.33. The van der Waals surface area contributed by atoms with Gasteiger partial charge in [0, 0.05) is 33.4 Å². The van der Waals surface area contributed by atoms with Gasteiger partial charge in [0.05, 0.1) is 18.2 Å². The molecule has 2 aromatic rings. The Labute approximate surface area is 153 Å². The predicted molar refractivity (Wildman–Crippen MR) is 103 cm³/mol. The Hall–Kier alpha value is -3.15. The summed E-state index contributed by atoms with van der Waals surface area (Å²) in [6.07, 6.45) is 5.50. The van der Waals surface area contributed by atoms with Crippen molar-refractivity contribution in [2.24, 2.45) is 0 Å². The fourth-order valence-corrected chi connectivity index (χ4v) is 3.14. The summed E-state index contributed by atoms with van der Waals surface area (Å²) >= 11 is 0. The Kier molecular flexibility index (Phi) is 5.02. The van der Waals surface area contributed by atoms with Gasteiger partial charge in [0.25, 0.3) is 0 Å². The number of benzene rings is 1. The third-order valence-corrected chi connectivity index (χ3v) is 4.33. The van der Waals surface area contributed by atoms with E-state index in [1.165, 1.54) is 6.92 Å². The minimum atomic E-state index is -0.326. The highest BCUT2D eigenvalue weighted by atomic mass is 16.2. The molecule has 1 unspecified atom stereocenters. The molecule has 0 saturated carbocycles. The number of fused-ring (bicyclic) bond motifs is 1. The van der Waals surface area contributed by atoms with Crippen LogP contribution < -0.4 is 10.2 Å². The molecule has 0 saturated heterocycles. The normalized spacial score (nSPS) is 15.3. The molecule has 134 valence electrons. The quantitative estimate of drug-likeness (QED) is 0.920. The predicted octanol–water partition coefficient (Wildman–Crippen LogP) is 3.05. The van der Waals surface area contributed by atoms with Crippen molar-refractivity contribution in [2.45, 2.75) is 19.4 Å². The first kappa shape index (κ1) is 17.7. The molecule has 0 radical (unpaired) electrons. The van der Waals surface area contributed by atoms with Gasteiger partial charge < -0.3 is 15.1 Å². The Morgan fingerprint density at radius 2 is 1.96 bits per heavy atom. The van der Waals surface area contributed by atoms with Gasteiger partial charge in [0.2, 0.25) is 11.8 Å². The van der Waals surface area contributed by atoms with Crippen molar-refractivity contribution in [1.29, 1.82) is 0 Å². The van der Waals surface area contributed by atoms with Crippen molar-refractivity contribution in [3.05, 3.63) is 59.9 Å². The number of aromatic nitrogens is 1. The van der Waals surface area contributed by atoms with Gasteiger partial charge in [-0.3, -0.25) is 9.59 Å². The van der Waals surface area contributed by atoms with E-state index in [-0.39, 0.29) is 24.3 Å². The van der Waals surface area contributed by atoms with Gasteiger partial charge in [-0.1, -0.05) is 24.3 Å². The van der Waals surface area contributed by atoms with Crippen LogP contribution in [-0.2, 0) is 9.59 Å². The van der Waals surface area contributed by atoms with Crippen LogP contribution in [0.3, 0.4) is 0 Å². The van der Waals surface area contributed by atoms with Crippen LogP contribution >= 0.6 is 0 Å². The van der Waals surface area contributed by atoms with E-state index in [1.807, 2.05) is 55.4 Å². The lowest BCUT2D eigenvalue weighted by Crippen LogP contribution is -2.33. The van der Waals surface area contributed by atoms with Gasteiger partial charge in [-0.25, -0.2) is 4.98 Å². The summed E-state index contributed by atoms with van der Waals surface area (Å²) in [6.45, 7) is 1.51. The molecule has 1 N–H and O–H groups in total.